The summed E-state index contributed by atoms with van der Waals surface area (Å²) in [5, 5.41) is 15.5. The molecule has 10 nitrogen and oxygen atoms in total. The molecule has 3 fully saturated rings. The molecule has 2 aromatic carbocycles. The third-order valence-electron chi connectivity index (χ3n) is 9.03. The Morgan fingerprint density at radius 3 is 2.70 bits per heavy atom. The van der Waals surface area contributed by atoms with E-state index < -0.39 is 17.8 Å². The van der Waals surface area contributed by atoms with E-state index in [1.807, 2.05) is 34.5 Å². The summed E-state index contributed by atoms with van der Waals surface area (Å²) in [4.78, 5) is 42.3. The molecule has 1 N–H and O–H groups in total. The Labute approximate surface area is 278 Å². The topological polar surface area (TPSA) is 114 Å². The summed E-state index contributed by atoms with van der Waals surface area (Å²) >= 11 is 4.91. The summed E-state index contributed by atoms with van der Waals surface area (Å²) in [5.41, 5.74) is 3.08. The van der Waals surface area contributed by atoms with Crippen LogP contribution in [0.15, 0.2) is 74.8 Å². The predicted octanol–water partition coefficient (Wildman–Crippen LogP) is 5.13. The van der Waals surface area contributed by atoms with Crippen molar-refractivity contribution >= 4 is 50.8 Å². The molecule has 3 aliphatic heterocycles. The van der Waals surface area contributed by atoms with Crippen LogP contribution in [-0.2, 0) is 14.9 Å². The lowest BCUT2D eigenvalue weighted by Crippen LogP contribution is -2.53. The lowest BCUT2D eigenvalue weighted by Gasteiger charge is -2.38. The Bertz CT molecular complexity index is 1790. The molecule has 4 heterocycles. The number of nitrogens with zero attached hydrogens (tertiary/aromatic N) is 6. The molecule has 2 amide bonds. The molecule has 0 spiro atoms. The van der Waals surface area contributed by atoms with Crippen molar-refractivity contribution in [3.63, 3.8) is 0 Å². The number of nitriles is 1. The van der Waals surface area contributed by atoms with Crippen LogP contribution in [-0.4, -0.2) is 78.0 Å². The maximum absolute atomic E-state index is 14.1. The highest BCUT2D eigenvalue weighted by atomic mass is 79.9. The van der Waals surface area contributed by atoms with Crippen LogP contribution in [0.25, 0.3) is 0 Å². The van der Waals surface area contributed by atoms with E-state index in [1.165, 1.54) is 23.5 Å². The molecule has 13 heteroatoms. The number of esters is 1. The van der Waals surface area contributed by atoms with Gasteiger partial charge in [-0.3, -0.25) is 14.8 Å². The monoisotopic (exact) mass is 703 g/mol. The smallest absolute Gasteiger partial charge is 0.338 e. The molecule has 1 aromatic heterocycles. The van der Waals surface area contributed by atoms with E-state index in [1.54, 1.807) is 24.1 Å². The largest absolute Gasteiger partial charge is 0.463 e. The number of ether oxygens (including phenoxy) is 1. The molecule has 46 heavy (non-hydrogen) atoms. The minimum Gasteiger partial charge on any atom is -0.463 e. The third-order valence-corrected chi connectivity index (χ3v) is 10.5. The summed E-state index contributed by atoms with van der Waals surface area (Å²) in [6, 6.07) is 13.8. The first-order valence-corrected chi connectivity index (χ1v) is 16.9. The number of aromatic nitrogens is 1. The van der Waals surface area contributed by atoms with E-state index in [0.717, 1.165) is 24.1 Å². The zero-order chi connectivity index (χ0) is 32.0. The van der Waals surface area contributed by atoms with Gasteiger partial charge >= 0.3 is 12.0 Å². The average Bonchev–Trinajstić information content (AvgIpc) is 3.51. The molecule has 236 valence electrons. The molecular weight excluding hydrogens is 673 g/mol. The van der Waals surface area contributed by atoms with E-state index in [2.05, 4.69) is 37.2 Å². The number of carbonyl (C=O) groups is 2. The highest BCUT2D eigenvalue weighted by Crippen LogP contribution is 2.48. The molecule has 0 bridgehead atoms. The van der Waals surface area contributed by atoms with Crippen LogP contribution in [0.5, 0.6) is 0 Å². The van der Waals surface area contributed by atoms with Crippen molar-refractivity contribution in [3.05, 3.63) is 91.7 Å². The van der Waals surface area contributed by atoms with Crippen molar-refractivity contribution < 1.29 is 18.7 Å². The quantitative estimate of drug-likeness (QED) is 0.324. The van der Waals surface area contributed by atoms with Gasteiger partial charge in [-0.25, -0.2) is 19.0 Å². The van der Waals surface area contributed by atoms with Crippen molar-refractivity contribution in [2.45, 2.75) is 37.3 Å². The van der Waals surface area contributed by atoms with Crippen LogP contribution in [0.3, 0.4) is 0 Å². The highest BCUT2D eigenvalue weighted by molar-refractivity contribution is 9.10. The number of urea groups is 1. The van der Waals surface area contributed by atoms with Crippen LogP contribution < -0.4 is 10.2 Å². The number of hydrogen-bond acceptors (Lipinski definition) is 9. The number of carbonyl (C=O) groups excluding carboxylic acids is 2. The van der Waals surface area contributed by atoms with Gasteiger partial charge in [0.25, 0.3) is 0 Å². The Balaban J connectivity index is 1.15. The van der Waals surface area contributed by atoms with Crippen LogP contribution in [0.4, 0.5) is 14.9 Å². The third kappa shape index (κ3) is 5.59. The lowest BCUT2D eigenvalue weighted by atomic mass is 9.95. The fourth-order valence-electron chi connectivity index (χ4n) is 6.47. The van der Waals surface area contributed by atoms with Gasteiger partial charge < -0.3 is 15.0 Å². The predicted molar refractivity (Wildman–Crippen MR) is 175 cm³/mol. The van der Waals surface area contributed by atoms with E-state index in [0.29, 0.717) is 64.9 Å². The Kier molecular flexibility index (Phi) is 8.12. The number of hydrogen-bond donors (Lipinski definition) is 1. The molecule has 2 atom stereocenters. The number of fused-ring (bicyclic) bond motifs is 1. The standard InChI is InChI=1S/C33H31BrFN7O3S/c1-2-45-31(43)27-26(38-29(30-37-11-14-46-30)39-28(27)24-8-5-21(35)15-25(24)34)18-40-12-13-41-23(16-40)17-42(32(41)44)22-6-3-20(4-7-22)33(19-36)9-10-33/h3-8,11,14-15,23,28H,2,9-10,12-13,16-18H2,1H3,(H,38,39)/t23-,28-/m0/s1. The maximum atomic E-state index is 14.1. The fourth-order valence-corrected chi connectivity index (χ4v) is 7.63. The summed E-state index contributed by atoms with van der Waals surface area (Å²) in [7, 11) is 0. The van der Waals surface area contributed by atoms with Gasteiger partial charge in [-0.1, -0.05) is 34.1 Å². The summed E-state index contributed by atoms with van der Waals surface area (Å²) in [6.45, 7) is 4.61. The number of benzene rings is 2. The second-order valence-electron chi connectivity index (χ2n) is 11.8. The number of aliphatic imine (C=N–C) groups is 1. The van der Waals surface area contributed by atoms with Crippen molar-refractivity contribution in [3.8, 4) is 6.07 Å². The van der Waals surface area contributed by atoms with Gasteiger partial charge in [0.1, 0.15) is 11.9 Å². The van der Waals surface area contributed by atoms with Gasteiger partial charge in [0.05, 0.1) is 29.7 Å². The van der Waals surface area contributed by atoms with Gasteiger partial charge in [-0.2, -0.15) is 5.26 Å². The molecule has 7 rings (SSSR count). The minimum atomic E-state index is -0.757. The molecule has 1 saturated carbocycles. The molecule has 0 radical (unpaired) electrons. The van der Waals surface area contributed by atoms with Gasteiger partial charge in [-0.05, 0) is 55.2 Å². The van der Waals surface area contributed by atoms with Crippen LogP contribution >= 0.6 is 27.3 Å². The fraction of sp³-hybridized carbons (Fsp3) is 0.364. The van der Waals surface area contributed by atoms with Crippen LogP contribution in [0.1, 0.15) is 41.9 Å². The zero-order valence-electron chi connectivity index (χ0n) is 25.1. The lowest BCUT2D eigenvalue weighted by molar-refractivity contribution is -0.139. The number of anilines is 1. The number of piperazine rings is 1. The van der Waals surface area contributed by atoms with E-state index in [-0.39, 0.29) is 24.1 Å². The zero-order valence-corrected chi connectivity index (χ0v) is 27.5. The van der Waals surface area contributed by atoms with Crippen molar-refractivity contribution in [2.24, 2.45) is 4.99 Å². The SMILES string of the molecule is CCOC(=O)C1=C(CN2CCN3C(=O)N(c4ccc(C5(C#N)CC5)cc4)C[C@@H]3C2)NC(c2nccs2)=N[C@H]1c1ccc(F)cc1Br. The van der Waals surface area contributed by atoms with Crippen molar-refractivity contribution in [2.75, 3.05) is 44.2 Å². The molecule has 2 saturated heterocycles. The average molecular weight is 705 g/mol. The minimum absolute atomic E-state index is 0.0274. The molecular formula is C33H31BrFN7O3S. The first-order chi connectivity index (χ1) is 22.3. The molecule has 3 aromatic rings. The Morgan fingerprint density at radius 2 is 2.02 bits per heavy atom. The van der Waals surface area contributed by atoms with Gasteiger partial charge in [-0.15, -0.1) is 11.3 Å². The molecule has 1 aliphatic carbocycles. The Hall–Kier alpha value is -4.12. The van der Waals surface area contributed by atoms with Crippen molar-refractivity contribution in [1.82, 2.24) is 20.1 Å². The van der Waals surface area contributed by atoms with Gasteiger partial charge in [0.2, 0.25) is 0 Å². The van der Waals surface area contributed by atoms with Gasteiger partial charge in [0, 0.05) is 60.2 Å². The van der Waals surface area contributed by atoms with E-state index in [4.69, 9.17) is 9.73 Å². The summed E-state index contributed by atoms with van der Waals surface area (Å²) in [5.74, 6) is -0.381. The number of halogens is 2. The second-order valence-corrected chi connectivity index (χ2v) is 13.6. The summed E-state index contributed by atoms with van der Waals surface area (Å²) < 4.78 is 20.1. The van der Waals surface area contributed by atoms with E-state index >= 15 is 0 Å². The number of amides is 2. The van der Waals surface area contributed by atoms with Crippen LogP contribution in [0.2, 0.25) is 0 Å². The second kappa shape index (κ2) is 12.2. The normalized spacial score (nSPS) is 22.2. The van der Waals surface area contributed by atoms with Crippen molar-refractivity contribution in [1.29, 1.82) is 5.26 Å². The number of rotatable bonds is 8. The number of nitrogens with one attached hydrogen (secondary N) is 1. The summed E-state index contributed by atoms with van der Waals surface area (Å²) in [6.07, 6.45) is 3.44. The number of amidine groups is 1. The maximum Gasteiger partial charge on any atom is 0.338 e. The first kappa shape index (κ1) is 30.5. The van der Waals surface area contributed by atoms with Gasteiger partial charge in [0.15, 0.2) is 10.8 Å². The molecule has 4 aliphatic rings. The van der Waals surface area contributed by atoms with Crippen LogP contribution in [0, 0.1) is 17.1 Å². The first-order valence-electron chi connectivity index (χ1n) is 15.2. The number of thiazole rings is 1. The van der Waals surface area contributed by atoms with E-state index in [9.17, 15) is 19.2 Å². The highest BCUT2D eigenvalue weighted by Gasteiger charge is 2.46. The molecule has 0 unspecified atom stereocenters. The Morgan fingerprint density at radius 1 is 1.22 bits per heavy atom.